The van der Waals surface area contributed by atoms with Gasteiger partial charge < -0.3 is 5.73 Å². The molecule has 2 aromatic heterocycles. The highest BCUT2D eigenvalue weighted by atomic mass is 19.3. The van der Waals surface area contributed by atoms with Gasteiger partial charge in [0.25, 0.3) is 12.3 Å². The fourth-order valence-electron chi connectivity index (χ4n) is 3.40. The number of aliphatic imine (C=N–C) groups is 1. The van der Waals surface area contributed by atoms with Crippen LogP contribution in [0, 0.1) is 5.82 Å². The van der Waals surface area contributed by atoms with Gasteiger partial charge in [-0.1, -0.05) is 6.07 Å². The highest BCUT2D eigenvalue weighted by Gasteiger charge is 2.52. The molecular weight excluding hydrogens is 395 g/mol. The van der Waals surface area contributed by atoms with Crippen LogP contribution in [0.4, 0.5) is 13.2 Å². The molecule has 0 bridgehead atoms. The maximum atomic E-state index is 15.1. The lowest BCUT2D eigenvalue weighted by Crippen LogP contribution is -2.42. The maximum absolute atomic E-state index is 15.1. The van der Waals surface area contributed by atoms with Gasteiger partial charge in [-0.25, -0.2) is 18.2 Å². The second kappa shape index (κ2) is 7.25. The molecule has 0 saturated heterocycles. The quantitative estimate of drug-likeness (QED) is 0.714. The summed E-state index contributed by atoms with van der Waals surface area (Å²) in [6.45, 7) is 0. The van der Waals surface area contributed by atoms with Crippen LogP contribution in [-0.4, -0.2) is 33.8 Å². The molecule has 0 spiro atoms. The van der Waals surface area contributed by atoms with Crippen LogP contribution in [0.1, 0.15) is 23.2 Å². The molecule has 6 nitrogen and oxygen atoms in total. The number of amides is 1. The Kier molecular flexibility index (Phi) is 4.73. The number of nitrogens with zero attached hydrogens (tertiary/aromatic N) is 4. The number of guanidine groups is 1. The van der Waals surface area contributed by atoms with Gasteiger partial charge in [0.1, 0.15) is 5.82 Å². The molecule has 0 radical (unpaired) electrons. The van der Waals surface area contributed by atoms with E-state index in [1.165, 1.54) is 25.2 Å². The van der Waals surface area contributed by atoms with Crippen molar-refractivity contribution in [3.05, 3.63) is 83.6 Å². The minimum atomic E-state index is -2.80. The van der Waals surface area contributed by atoms with E-state index in [-0.39, 0.29) is 22.8 Å². The third-order valence-corrected chi connectivity index (χ3v) is 4.96. The molecule has 0 saturated carbocycles. The molecule has 0 fully saturated rings. The van der Waals surface area contributed by atoms with Crippen LogP contribution in [0.5, 0.6) is 0 Å². The first-order valence-electron chi connectivity index (χ1n) is 8.94. The molecule has 9 heteroatoms. The van der Waals surface area contributed by atoms with Crippen molar-refractivity contribution in [2.24, 2.45) is 10.7 Å². The van der Waals surface area contributed by atoms with E-state index in [4.69, 9.17) is 5.73 Å². The molecule has 152 valence electrons. The number of carbonyl (C=O) groups excluding carboxylic acids is 1. The van der Waals surface area contributed by atoms with Gasteiger partial charge in [0.05, 0.1) is 11.4 Å². The summed E-state index contributed by atoms with van der Waals surface area (Å²) in [5, 5.41) is 0. The van der Waals surface area contributed by atoms with E-state index >= 15 is 4.39 Å². The fourth-order valence-corrected chi connectivity index (χ4v) is 3.40. The molecule has 1 aliphatic heterocycles. The van der Waals surface area contributed by atoms with Crippen LogP contribution < -0.4 is 5.73 Å². The van der Waals surface area contributed by atoms with Crippen molar-refractivity contribution in [2.75, 3.05) is 7.05 Å². The van der Waals surface area contributed by atoms with E-state index in [0.29, 0.717) is 11.3 Å². The summed E-state index contributed by atoms with van der Waals surface area (Å²) in [6, 6.07) is 11.5. The lowest BCUT2D eigenvalue weighted by atomic mass is 9.84. The van der Waals surface area contributed by atoms with Crippen LogP contribution in [0.15, 0.2) is 65.9 Å². The molecule has 4 rings (SSSR count). The van der Waals surface area contributed by atoms with Crippen LogP contribution in [0.3, 0.4) is 0 Å². The number of halogens is 3. The molecule has 1 atom stereocenters. The Balaban J connectivity index is 2.00. The molecule has 30 heavy (non-hydrogen) atoms. The van der Waals surface area contributed by atoms with E-state index in [1.807, 2.05) is 0 Å². The number of aromatic nitrogens is 2. The number of nitrogens with two attached hydrogens (primary N) is 1. The summed E-state index contributed by atoms with van der Waals surface area (Å²) in [6.07, 6.45) is -0.0907. The average molecular weight is 411 g/mol. The Labute approximate surface area is 169 Å². The maximum Gasteiger partial charge on any atom is 0.268 e. The fraction of sp³-hybridized carbons (Fsp3) is 0.143. The predicted molar refractivity (Wildman–Crippen MR) is 104 cm³/mol. The molecule has 3 heterocycles. The second-order valence-corrected chi connectivity index (χ2v) is 6.73. The minimum absolute atomic E-state index is 0.144. The predicted octanol–water partition coefficient (Wildman–Crippen LogP) is 3.25. The lowest BCUT2D eigenvalue weighted by Gasteiger charge is -2.26. The Morgan fingerprint density at radius 1 is 1.07 bits per heavy atom. The van der Waals surface area contributed by atoms with Crippen molar-refractivity contribution in [1.29, 1.82) is 0 Å². The molecule has 1 amide bonds. The van der Waals surface area contributed by atoms with Crippen molar-refractivity contribution in [1.82, 2.24) is 14.9 Å². The van der Waals surface area contributed by atoms with Crippen LogP contribution >= 0.6 is 0 Å². The van der Waals surface area contributed by atoms with Gasteiger partial charge in [0.2, 0.25) is 5.54 Å². The monoisotopic (exact) mass is 411 g/mol. The largest absolute Gasteiger partial charge is 0.369 e. The zero-order chi connectivity index (χ0) is 21.5. The number of hydrogen-bond acceptors (Lipinski definition) is 5. The number of carbonyl (C=O) groups is 1. The molecule has 0 aliphatic carbocycles. The normalized spacial score (nSPS) is 18.8. The highest BCUT2D eigenvalue weighted by Crippen LogP contribution is 2.41. The Bertz CT molecular complexity index is 1150. The second-order valence-electron chi connectivity index (χ2n) is 6.73. The zero-order valence-corrected chi connectivity index (χ0v) is 15.8. The topological polar surface area (TPSA) is 84.5 Å². The third-order valence-electron chi connectivity index (χ3n) is 4.96. The first-order valence-corrected chi connectivity index (χ1v) is 8.94. The number of benzene rings is 1. The summed E-state index contributed by atoms with van der Waals surface area (Å²) < 4.78 is 41.7. The van der Waals surface area contributed by atoms with Gasteiger partial charge in [0, 0.05) is 36.1 Å². The van der Waals surface area contributed by atoms with Crippen LogP contribution in [0.25, 0.3) is 11.3 Å². The Morgan fingerprint density at radius 3 is 2.50 bits per heavy atom. The molecular formula is C21H16F3N5O. The molecule has 2 N–H and O–H groups in total. The van der Waals surface area contributed by atoms with Gasteiger partial charge in [-0.3, -0.25) is 19.7 Å². The van der Waals surface area contributed by atoms with E-state index in [0.717, 1.165) is 23.2 Å². The highest BCUT2D eigenvalue weighted by molar-refractivity contribution is 6.08. The number of alkyl halides is 2. The van der Waals surface area contributed by atoms with Crippen molar-refractivity contribution in [2.45, 2.75) is 12.0 Å². The summed E-state index contributed by atoms with van der Waals surface area (Å²) in [5.74, 6) is -1.62. The van der Waals surface area contributed by atoms with Crippen molar-refractivity contribution >= 4 is 11.9 Å². The summed E-state index contributed by atoms with van der Waals surface area (Å²) in [7, 11) is 1.38. The summed E-state index contributed by atoms with van der Waals surface area (Å²) >= 11 is 0. The molecule has 1 aliphatic rings. The third kappa shape index (κ3) is 2.99. The van der Waals surface area contributed by atoms with Crippen molar-refractivity contribution < 1.29 is 18.0 Å². The number of rotatable bonds is 4. The van der Waals surface area contributed by atoms with E-state index in [2.05, 4.69) is 15.0 Å². The number of hydrogen-bond donors (Lipinski definition) is 1. The first-order chi connectivity index (χ1) is 14.3. The van der Waals surface area contributed by atoms with E-state index in [9.17, 15) is 13.6 Å². The van der Waals surface area contributed by atoms with Gasteiger partial charge in [-0.2, -0.15) is 0 Å². The van der Waals surface area contributed by atoms with Gasteiger partial charge >= 0.3 is 0 Å². The smallest absolute Gasteiger partial charge is 0.268 e. The summed E-state index contributed by atoms with van der Waals surface area (Å²) in [4.78, 5) is 26.8. The lowest BCUT2D eigenvalue weighted by molar-refractivity contribution is -0.129. The van der Waals surface area contributed by atoms with Gasteiger partial charge in [-0.05, 0) is 42.5 Å². The van der Waals surface area contributed by atoms with E-state index in [1.54, 1.807) is 24.4 Å². The Morgan fingerprint density at radius 2 is 1.87 bits per heavy atom. The van der Waals surface area contributed by atoms with E-state index < -0.39 is 23.7 Å². The molecule has 1 unspecified atom stereocenters. The molecule has 3 aromatic rings. The minimum Gasteiger partial charge on any atom is -0.369 e. The van der Waals surface area contributed by atoms with Crippen LogP contribution in [-0.2, 0) is 10.3 Å². The van der Waals surface area contributed by atoms with Gasteiger partial charge in [-0.15, -0.1) is 0 Å². The standard InChI is InChI=1S/C21H16F3N5O/c1-29-19(30)21(28-20(29)25,17-11-13(18(23)24)7-9-27-17)14-10-12(5-6-15(14)22)16-4-2-3-8-26-16/h2-11,18H,1H3,(H2,25,28). The molecule has 1 aromatic carbocycles. The number of likely N-dealkylation sites (N-methyl/N-ethyl adjacent to an activating group) is 1. The van der Waals surface area contributed by atoms with Crippen molar-refractivity contribution in [3.63, 3.8) is 0 Å². The number of pyridine rings is 2. The SMILES string of the molecule is CN1C(=O)C(c2cc(C(F)F)ccn2)(c2cc(-c3ccccn3)ccc2F)N=C1N. The van der Waals surface area contributed by atoms with Crippen molar-refractivity contribution in [3.8, 4) is 11.3 Å². The van der Waals surface area contributed by atoms with Gasteiger partial charge in [0.15, 0.2) is 5.96 Å². The first kappa shape index (κ1) is 19.6. The Hall–Kier alpha value is -3.75. The summed E-state index contributed by atoms with van der Waals surface area (Å²) in [5.41, 5.74) is 4.23. The van der Waals surface area contributed by atoms with Crippen LogP contribution in [0.2, 0.25) is 0 Å². The average Bonchev–Trinajstić information content (AvgIpc) is 2.99. The zero-order valence-electron chi connectivity index (χ0n) is 15.8.